The van der Waals surface area contributed by atoms with Gasteiger partial charge in [-0.25, -0.2) is 4.98 Å². The van der Waals surface area contributed by atoms with Gasteiger partial charge in [0.1, 0.15) is 27.3 Å². The van der Waals surface area contributed by atoms with E-state index >= 15 is 0 Å². The van der Waals surface area contributed by atoms with Crippen molar-refractivity contribution >= 4 is 44.7 Å². The number of nitrogens with zero attached hydrogens (tertiary/aromatic N) is 2. The summed E-state index contributed by atoms with van der Waals surface area (Å²) in [4.78, 5) is 17.6. The van der Waals surface area contributed by atoms with E-state index in [9.17, 15) is 4.79 Å². The van der Waals surface area contributed by atoms with Crippen LogP contribution in [0.5, 0.6) is 5.75 Å². The van der Waals surface area contributed by atoms with Gasteiger partial charge in [-0.15, -0.1) is 11.3 Å². The molecule has 0 fully saturated rings. The first kappa shape index (κ1) is 16.5. The van der Waals surface area contributed by atoms with E-state index in [1.165, 1.54) is 0 Å². The number of rotatable bonds is 3. The SMILES string of the molecule is COc1ccc(NC(=O)c2sc3nc(N)c(C#N)cc3c2N)c(C)c1. The summed E-state index contributed by atoms with van der Waals surface area (Å²) >= 11 is 1.14. The summed E-state index contributed by atoms with van der Waals surface area (Å²) in [7, 11) is 1.58. The summed E-state index contributed by atoms with van der Waals surface area (Å²) in [6, 6.07) is 8.87. The average molecular weight is 353 g/mol. The van der Waals surface area contributed by atoms with Crippen LogP contribution in [0.15, 0.2) is 24.3 Å². The average Bonchev–Trinajstić information content (AvgIpc) is 2.91. The van der Waals surface area contributed by atoms with Crippen molar-refractivity contribution in [3.05, 3.63) is 40.3 Å². The maximum Gasteiger partial charge on any atom is 0.267 e. The van der Waals surface area contributed by atoms with Crippen molar-refractivity contribution in [1.29, 1.82) is 5.26 Å². The van der Waals surface area contributed by atoms with E-state index in [1.807, 2.05) is 19.1 Å². The first-order valence-electron chi connectivity index (χ1n) is 7.29. The minimum atomic E-state index is -0.342. The lowest BCUT2D eigenvalue weighted by Crippen LogP contribution is -2.12. The monoisotopic (exact) mass is 353 g/mol. The van der Waals surface area contributed by atoms with Gasteiger partial charge in [-0.3, -0.25) is 4.79 Å². The molecule has 0 saturated heterocycles. The molecule has 3 rings (SSSR count). The van der Waals surface area contributed by atoms with Crippen molar-refractivity contribution in [1.82, 2.24) is 4.98 Å². The summed E-state index contributed by atoms with van der Waals surface area (Å²) in [5.41, 5.74) is 13.9. The number of nitriles is 1. The number of nitrogens with two attached hydrogens (primary N) is 2. The molecule has 1 amide bonds. The molecule has 0 unspecified atom stereocenters. The van der Waals surface area contributed by atoms with E-state index in [0.717, 1.165) is 16.9 Å². The van der Waals surface area contributed by atoms with Crippen LogP contribution in [-0.4, -0.2) is 18.0 Å². The molecule has 126 valence electrons. The van der Waals surface area contributed by atoms with E-state index in [2.05, 4.69) is 10.3 Å². The first-order chi connectivity index (χ1) is 11.9. The van der Waals surface area contributed by atoms with Crippen LogP contribution in [-0.2, 0) is 0 Å². The molecule has 7 nitrogen and oxygen atoms in total. The number of ether oxygens (including phenoxy) is 1. The van der Waals surface area contributed by atoms with Gasteiger partial charge in [-0.05, 0) is 36.8 Å². The molecule has 0 aliphatic heterocycles. The Hall–Kier alpha value is -3.31. The number of methoxy groups -OCH3 is 1. The molecule has 0 aliphatic rings. The Morgan fingerprint density at radius 1 is 1.36 bits per heavy atom. The Kier molecular flexibility index (Phi) is 4.17. The molecule has 0 aliphatic carbocycles. The fourth-order valence-electron chi connectivity index (χ4n) is 2.40. The zero-order chi connectivity index (χ0) is 18.1. The summed E-state index contributed by atoms with van der Waals surface area (Å²) in [5, 5.41) is 12.4. The number of fused-ring (bicyclic) bond motifs is 1. The lowest BCUT2D eigenvalue weighted by molar-refractivity contribution is 0.103. The molecule has 0 radical (unpaired) electrons. The standard InChI is InChI=1S/C17H15N5O2S/c1-8-5-10(24-2)3-4-12(8)21-16(23)14-13(19)11-6-9(7-18)15(20)22-17(11)25-14/h3-6H,19H2,1-2H3,(H2,20,22)(H,21,23). The summed E-state index contributed by atoms with van der Waals surface area (Å²) in [5.74, 6) is 0.487. The van der Waals surface area contributed by atoms with Gasteiger partial charge in [0.25, 0.3) is 5.91 Å². The molecule has 1 aromatic carbocycles. The van der Waals surface area contributed by atoms with Crippen molar-refractivity contribution in [3.63, 3.8) is 0 Å². The number of carbonyl (C=O) groups is 1. The zero-order valence-electron chi connectivity index (χ0n) is 13.6. The van der Waals surface area contributed by atoms with Crippen molar-refractivity contribution in [2.24, 2.45) is 0 Å². The minimum absolute atomic E-state index is 0.120. The van der Waals surface area contributed by atoms with E-state index in [1.54, 1.807) is 25.3 Å². The van der Waals surface area contributed by atoms with E-state index in [4.69, 9.17) is 21.5 Å². The topological polar surface area (TPSA) is 127 Å². The first-order valence-corrected chi connectivity index (χ1v) is 8.10. The predicted molar refractivity (Wildman–Crippen MR) is 98.8 cm³/mol. The number of nitrogen functional groups attached to an aromatic ring is 2. The fourth-order valence-corrected chi connectivity index (χ4v) is 3.38. The summed E-state index contributed by atoms with van der Waals surface area (Å²) < 4.78 is 5.15. The molecule has 0 spiro atoms. The van der Waals surface area contributed by atoms with E-state index < -0.39 is 0 Å². The van der Waals surface area contributed by atoms with Gasteiger partial charge in [0.15, 0.2) is 0 Å². The van der Waals surface area contributed by atoms with Crippen LogP contribution < -0.4 is 21.5 Å². The van der Waals surface area contributed by atoms with Gasteiger partial charge in [0.05, 0.1) is 18.4 Å². The van der Waals surface area contributed by atoms with Crippen molar-refractivity contribution in [2.45, 2.75) is 6.92 Å². The Labute approximate surface area is 147 Å². The Morgan fingerprint density at radius 2 is 2.12 bits per heavy atom. The Bertz CT molecular complexity index is 1040. The third-order valence-corrected chi connectivity index (χ3v) is 4.87. The quantitative estimate of drug-likeness (QED) is 0.664. The number of benzene rings is 1. The molecular formula is C17H15N5O2S. The second-order valence-corrected chi connectivity index (χ2v) is 6.36. The number of carbonyl (C=O) groups excluding carboxylic acids is 1. The van der Waals surface area contributed by atoms with Crippen molar-refractivity contribution < 1.29 is 9.53 Å². The second-order valence-electron chi connectivity index (χ2n) is 5.37. The third-order valence-electron chi connectivity index (χ3n) is 3.76. The summed E-state index contributed by atoms with van der Waals surface area (Å²) in [6.07, 6.45) is 0. The van der Waals surface area contributed by atoms with Gasteiger partial charge >= 0.3 is 0 Å². The molecule has 2 heterocycles. The zero-order valence-corrected chi connectivity index (χ0v) is 14.4. The largest absolute Gasteiger partial charge is 0.497 e. The molecule has 0 bridgehead atoms. The Morgan fingerprint density at radius 3 is 2.76 bits per heavy atom. The third kappa shape index (κ3) is 2.93. The number of aryl methyl sites for hydroxylation is 1. The maximum atomic E-state index is 12.6. The number of amides is 1. The molecule has 3 aromatic rings. The van der Waals surface area contributed by atoms with Gasteiger partial charge < -0.3 is 21.5 Å². The minimum Gasteiger partial charge on any atom is -0.497 e. The molecule has 0 saturated carbocycles. The second kappa shape index (κ2) is 6.30. The number of hydrogen-bond acceptors (Lipinski definition) is 7. The molecular weight excluding hydrogens is 338 g/mol. The van der Waals surface area contributed by atoms with Gasteiger partial charge in [0.2, 0.25) is 0 Å². The van der Waals surface area contributed by atoms with Crippen molar-refractivity contribution in [3.8, 4) is 11.8 Å². The molecule has 2 aromatic heterocycles. The number of thiophene rings is 1. The highest BCUT2D eigenvalue weighted by Crippen LogP contribution is 2.35. The van der Waals surface area contributed by atoms with Gasteiger partial charge in [0, 0.05) is 11.1 Å². The van der Waals surface area contributed by atoms with Crippen LogP contribution in [0.4, 0.5) is 17.2 Å². The van der Waals surface area contributed by atoms with Crippen LogP contribution in [0.3, 0.4) is 0 Å². The lowest BCUT2D eigenvalue weighted by atomic mass is 10.1. The van der Waals surface area contributed by atoms with Gasteiger partial charge in [-0.2, -0.15) is 5.26 Å². The van der Waals surface area contributed by atoms with Crippen molar-refractivity contribution in [2.75, 3.05) is 23.9 Å². The van der Waals surface area contributed by atoms with Crippen LogP contribution in [0, 0.1) is 18.3 Å². The number of hydrogen-bond donors (Lipinski definition) is 3. The van der Waals surface area contributed by atoms with E-state index in [0.29, 0.717) is 26.5 Å². The highest BCUT2D eigenvalue weighted by molar-refractivity contribution is 7.21. The highest BCUT2D eigenvalue weighted by atomic mass is 32.1. The van der Waals surface area contributed by atoms with Crippen LogP contribution in [0.2, 0.25) is 0 Å². The smallest absolute Gasteiger partial charge is 0.267 e. The number of aromatic nitrogens is 1. The van der Waals surface area contributed by atoms with Crippen LogP contribution >= 0.6 is 11.3 Å². The number of pyridine rings is 1. The lowest BCUT2D eigenvalue weighted by Gasteiger charge is -2.09. The fraction of sp³-hybridized carbons (Fsp3) is 0.118. The number of nitrogens with one attached hydrogen (secondary N) is 1. The normalized spacial score (nSPS) is 10.4. The molecule has 25 heavy (non-hydrogen) atoms. The van der Waals surface area contributed by atoms with E-state index in [-0.39, 0.29) is 23.0 Å². The summed E-state index contributed by atoms with van der Waals surface area (Å²) in [6.45, 7) is 1.87. The van der Waals surface area contributed by atoms with Gasteiger partial charge in [-0.1, -0.05) is 0 Å². The predicted octanol–water partition coefficient (Wildman–Crippen LogP) is 2.90. The Balaban J connectivity index is 1.98. The maximum absolute atomic E-state index is 12.6. The molecule has 0 atom stereocenters. The van der Waals surface area contributed by atoms with Crippen LogP contribution in [0.25, 0.3) is 10.2 Å². The number of anilines is 3. The molecule has 8 heteroatoms. The molecule has 5 N–H and O–H groups in total. The van der Waals surface area contributed by atoms with Crippen LogP contribution in [0.1, 0.15) is 20.8 Å². The highest BCUT2D eigenvalue weighted by Gasteiger charge is 2.19.